The van der Waals surface area contributed by atoms with Crippen molar-refractivity contribution in [3.63, 3.8) is 0 Å². The highest BCUT2D eigenvalue weighted by molar-refractivity contribution is 7.85. The van der Waals surface area contributed by atoms with Crippen LogP contribution < -0.4 is 0 Å². The predicted octanol–water partition coefficient (Wildman–Crippen LogP) is 5.98. The van der Waals surface area contributed by atoms with Crippen molar-refractivity contribution in [3.8, 4) is 0 Å². The van der Waals surface area contributed by atoms with E-state index in [1.54, 1.807) is 0 Å². The molecule has 1 rings (SSSR count). The van der Waals surface area contributed by atoms with Crippen LogP contribution in [-0.4, -0.2) is 95.1 Å². The molecule has 12 heteroatoms. The fraction of sp³-hybridized carbons (Fsp3) is 0.971. The zero-order chi connectivity index (χ0) is 34.8. The van der Waals surface area contributed by atoms with Crippen LogP contribution in [0.15, 0.2) is 0 Å². The van der Waals surface area contributed by atoms with Gasteiger partial charge < -0.3 is 34.6 Å². The summed E-state index contributed by atoms with van der Waals surface area (Å²) in [6, 6.07) is 0. The predicted molar refractivity (Wildman–Crippen MR) is 182 cm³/mol. The quantitative estimate of drug-likeness (QED) is 0.0327. The van der Waals surface area contributed by atoms with Crippen LogP contribution in [0.4, 0.5) is 0 Å². The van der Waals surface area contributed by atoms with Crippen LogP contribution >= 0.6 is 0 Å². The number of unbranched alkanes of at least 4 members (excludes halogenated alkanes) is 22. The van der Waals surface area contributed by atoms with E-state index in [1.165, 1.54) is 122 Å². The lowest BCUT2D eigenvalue weighted by atomic mass is 10.00. The van der Waals surface area contributed by atoms with Crippen LogP contribution in [0.3, 0.4) is 0 Å². The van der Waals surface area contributed by atoms with Crippen LogP contribution in [0.25, 0.3) is 0 Å². The summed E-state index contributed by atoms with van der Waals surface area (Å²) >= 11 is 0. The molecule has 1 unspecified atom stereocenters. The van der Waals surface area contributed by atoms with Gasteiger partial charge in [-0.1, -0.05) is 148 Å². The topological polar surface area (TPSA) is 180 Å². The molecule has 1 aliphatic heterocycles. The van der Waals surface area contributed by atoms with Gasteiger partial charge in [-0.3, -0.25) is 9.35 Å². The van der Waals surface area contributed by atoms with Crippen molar-refractivity contribution >= 4 is 16.1 Å². The smallest absolute Gasteiger partial charge is 0.305 e. The average Bonchev–Trinajstić information content (AvgIpc) is 3.03. The molecule has 47 heavy (non-hydrogen) atoms. The monoisotopic (exact) mass is 696 g/mol. The van der Waals surface area contributed by atoms with E-state index in [4.69, 9.17) is 18.8 Å². The Balaban J connectivity index is 1.90. The number of aliphatic hydroxyl groups excluding tert-OH is 4. The molecule has 280 valence electrons. The molecule has 0 bridgehead atoms. The molecule has 0 spiro atoms. The summed E-state index contributed by atoms with van der Waals surface area (Å²) in [6.45, 7) is 1.48. The Labute approximate surface area is 284 Å². The number of hydrogen-bond donors (Lipinski definition) is 5. The molecule has 11 nitrogen and oxygen atoms in total. The third-order valence-electron chi connectivity index (χ3n) is 8.92. The SMILES string of the molecule is CCCCCCCCCCCCCCCCCCCCCCCCCC(=O)OCC(O)CO[C@H]1O[C@H](CS(=O)(=O)O)[C@@H](O)[C@H](O)[C@H]1O. The molecule has 0 aliphatic carbocycles. The highest BCUT2D eigenvalue weighted by Gasteiger charge is 2.45. The lowest BCUT2D eigenvalue weighted by Gasteiger charge is -2.40. The van der Waals surface area contributed by atoms with Gasteiger partial charge in [0.1, 0.15) is 42.9 Å². The molecule has 1 heterocycles. The van der Waals surface area contributed by atoms with Crippen molar-refractivity contribution < 1.29 is 52.4 Å². The molecule has 5 N–H and O–H groups in total. The van der Waals surface area contributed by atoms with Crippen LogP contribution in [0.1, 0.15) is 161 Å². The molecule has 1 saturated heterocycles. The summed E-state index contributed by atoms with van der Waals surface area (Å²) in [6.07, 6.45) is 20.6. The Morgan fingerprint density at radius 1 is 0.638 bits per heavy atom. The summed E-state index contributed by atoms with van der Waals surface area (Å²) in [5.41, 5.74) is 0. The lowest BCUT2D eigenvalue weighted by Crippen LogP contribution is -2.60. The van der Waals surface area contributed by atoms with Gasteiger partial charge in [0, 0.05) is 6.42 Å². The van der Waals surface area contributed by atoms with E-state index in [2.05, 4.69) is 6.92 Å². The number of carbonyl (C=O) groups is 1. The van der Waals surface area contributed by atoms with Crippen LogP contribution in [0.2, 0.25) is 0 Å². The Kier molecular flexibility index (Phi) is 26.2. The highest BCUT2D eigenvalue weighted by Crippen LogP contribution is 2.23. The van der Waals surface area contributed by atoms with Crippen molar-refractivity contribution in [2.75, 3.05) is 19.0 Å². The van der Waals surface area contributed by atoms with E-state index in [9.17, 15) is 33.6 Å². The fourth-order valence-electron chi connectivity index (χ4n) is 5.97. The van der Waals surface area contributed by atoms with Crippen molar-refractivity contribution in [2.45, 2.75) is 198 Å². The van der Waals surface area contributed by atoms with Gasteiger partial charge in [-0.05, 0) is 6.42 Å². The Bertz CT molecular complexity index is 856. The number of ether oxygens (including phenoxy) is 3. The molecule has 0 radical (unpaired) electrons. The maximum absolute atomic E-state index is 12.0. The minimum absolute atomic E-state index is 0.249. The van der Waals surface area contributed by atoms with Crippen LogP contribution in [-0.2, 0) is 29.1 Å². The van der Waals surface area contributed by atoms with Crippen molar-refractivity contribution in [1.29, 1.82) is 0 Å². The molecule has 1 aliphatic rings. The fourth-order valence-corrected chi connectivity index (χ4v) is 6.66. The van der Waals surface area contributed by atoms with Gasteiger partial charge in [-0.25, -0.2) is 0 Å². The Hall–Kier alpha value is -0.860. The van der Waals surface area contributed by atoms with E-state index in [1.807, 2.05) is 0 Å². The summed E-state index contributed by atoms with van der Waals surface area (Å²) in [5, 5.41) is 39.9. The van der Waals surface area contributed by atoms with Crippen molar-refractivity contribution in [2.24, 2.45) is 0 Å². The molecule has 1 fully saturated rings. The average molecular weight is 697 g/mol. The number of rotatable bonds is 31. The molecule has 0 aromatic rings. The zero-order valence-corrected chi connectivity index (χ0v) is 30.0. The Morgan fingerprint density at radius 2 is 1.04 bits per heavy atom. The first-order valence-corrected chi connectivity index (χ1v) is 20.3. The summed E-state index contributed by atoms with van der Waals surface area (Å²) in [7, 11) is -4.54. The summed E-state index contributed by atoms with van der Waals surface area (Å²) < 4.78 is 46.6. The number of esters is 1. The second-order valence-corrected chi connectivity index (χ2v) is 15.0. The standard InChI is InChI=1S/C35H68O11S/c1-2-3-4-5-6-7-8-9-10-11-12-13-14-15-16-17-18-19-20-21-22-23-24-25-31(37)44-26-29(36)27-45-35-34(40)33(39)32(38)30(46-35)28-47(41,42)43/h29-30,32-36,38-40H,2-28H2,1H3,(H,41,42,43)/t29?,30-,32-,33+,34-,35+/m1/s1. The van der Waals surface area contributed by atoms with Gasteiger partial charge in [-0.2, -0.15) is 8.42 Å². The van der Waals surface area contributed by atoms with Gasteiger partial charge in [0.15, 0.2) is 6.29 Å². The molecule has 0 amide bonds. The lowest BCUT2D eigenvalue weighted by molar-refractivity contribution is -0.296. The van der Waals surface area contributed by atoms with Gasteiger partial charge in [-0.15, -0.1) is 0 Å². The minimum Gasteiger partial charge on any atom is -0.463 e. The normalized spacial score (nSPS) is 22.4. The molecular formula is C35H68O11S. The molecule has 0 aromatic heterocycles. The maximum atomic E-state index is 12.0. The van der Waals surface area contributed by atoms with E-state index < -0.39 is 65.3 Å². The van der Waals surface area contributed by atoms with Gasteiger partial charge in [0.25, 0.3) is 10.1 Å². The van der Waals surface area contributed by atoms with E-state index in [0.717, 1.165) is 19.3 Å². The van der Waals surface area contributed by atoms with E-state index in [0.29, 0.717) is 6.42 Å². The zero-order valence-electron chi connectivity index (χ0n) is 29.1. The molecule has 6 atom stereocenters. The first-order chi connectivity index (χ1) is 22.5. The third kappa shape index (κ3) is 24.0. The van der Waals surface area contributed by atoms with Crippen molar-refractivity contribution in [3.05, 3.63) is 0 Å². The number of hydrogen-bond acceptors (Lipinski definition) is 10. The number of aliphatic hydroxyl groups is 4. The summed E-state index contributed by atoms with van der Waals surface area (Å²) in [4.78, 5) is 12.0. The molecule has 0 aromatic carbocycles. The van der Waals surface area contributed by atoms with Gasteiger partial charge in [0.2, 0.25) is 0 Å². The van der Waals surface area contributed by atoms with Crippen molar-refractivity contribution in [1.82, 2.24) is 0 Å². The highest BCUT2D eigenvalue weighted by atomic mass is 32.2. The van der Waals surface area contributed by atoms with E-state index in [-0.39, 0.29) is 13.0 Å². The Morgan fingerprint density at radius 3 is 1.45 bits per heavy atom. The molecule has 0 saturated carbocycles. The second-order valence-electron chi connectivity index (χ2n) is 13.5. The largest absolute Gasteiger partial charge is 0.463 e. The first-order valence-electron chi connectivity index (χ1n) is 18.6. The van der Waals surface area contributed by atoms with Gasteiger partial charge in [0.05, 0.1) is 6.61 Å². The second kappa shape index (κ2) is 27.9. The van der Waals surface area contributed by atoms with Crippen LogP contribution in [0.5, 0.6) is 0 Å². The van der Waals surface area contributed by atoms with E-state index >= 15 is 0 Å². The van der Waals surface area contributed by atoms with Gasteiger partial charge >= 0.3 is 5.97 Å². The van der Waals surface area contributed by atoms with Crippen LogP contribution in [0, 0.1) is 0 Å². The number of carbonyl (C=O) groups excluding carboxylic acids is 1. The first kappa shape index (κ1) is 44.2. The minimum atomic E-state index is -4.54. The maximum Gasteiger partial charge on any atom is 0.305 e. The third-order valence-corrected chi connectivity index (χ3v) is 9.67. The molecular weight excluding hydrogens is 628 g/mol. The summed E-state index contributed by atoms with van der Waals surface area (Å²) in [5.74, 6) is -1.45.